The molecule has 64 valence electrons. The van der Waals surface area contributed by atoms with Crippen LogP contribution in [0.15, 0.2) is 11.8 Å². The van der Waals surface area contributed by atoms with Gasteiger partial charge in [0, 0.05) is 0 Å². The van der Waals surface area contributed by atoms with Gasteiger partial charge in [-0.2, -0.15) is 0 Å². The molecule has 0 rings (SSSR count). The van der Waals surface area contributed by atoms with Gasteiger partial charge in [-0.15, -0.1) is 0 Å². The zero-order valence-electron chi connectivity index (χ0n) is 7.30. The van der Waals surface area contributed by atoms with Crippen molar-refractivity contribution in [1.82, 2.24) is 0 Å². The second-order valence-corrected chi connectivity index (χ2v) is 2.52. The molecule has 0 amide bonds. The molecule has 0 bridgehead atoms. The van der Waals surface area contributed by atoms with E-state index in [-0.39, 0.29) is 0 Å². The Hall–Kier alpha value is -0.790. The fourth-order valence-electron chi connectivity index (χ4n) is 0.824. The molecular weight excluding hydrogens is 140 g/mol. The fraction of sp³-hybridized carbons (Fsp3) is 0.667. The predicted octanol–water partition coefficient (Wildman–Crippen LogP) is 2.64. The molecule has 0 aromatic carbocycles. The van der Waals surface area contributed by atoms with E-state index < -0.39 is 0 Å². The number of carbonyl (C=O) groups excluding carboxylic acids is 1. The molecular formula is C9H16O2. The zero-order chi connectivity index (χ0) is 8.53. The molecule has 0 spiro atoms. The Labute approximate surface area is 68.2 Å². The third-order valence-corrected chi connectivity index (χ3v) is 1.47. The summed E-state index contributed by atoms with van der Waals surface area (Å²) in [4.78, 5) is 9.84. The Balaban J connectivity index is 3.31. The predicted molar refractivity (Wildman–Crippen MR) is 45.0 cm³/mol. The minimum Gasteiger partial charge on any atom is -0.434 e. The van der Waals surface area contributed by atoms with Crippen LogP contribution in [0.1, 0.15) is 39.5 Å². The van der Waals surface area contributed by atoms with Crippen molar-refractivity contribution in [2.75, 3.05) is 0 Å². The number of hydrogen-bond donors (Lipinski definition) is 0. The van der Waals surface area contributed by atoms with Gasteiger partial charge in [-0.25, -0.2) is 0 Å². The van der Waals surface area contributed by atoms with Crippen molar-refractivity contribution in [2.45, 2.75) is 39.5 Å². The van der Waals surface area contributed by atoms with Crippen molar-refractivity contribution in [2.24, 2.45) is 0 Å². The lowest BCUT2D eigenvalue weighted by Crippen LogP contribution is -1.83. The molecule has 0 fully saturated rings. The van der Waals surface area contributed by atoms with Crippen molar-refractivity contribution in [3.8, 4) is 0 Å². The zero-order valence-corrected chi connectivity index (χ0v) is 7.30. The Kier molecular flexibility index (Phi) is 6.79. The van der Waals surface area contributed by atoms with Gasteiger partial charge in [-0.3, -0.25) is 4.79 Å². The molecule has 0 atom stereocenters. The molecule has 0 aliphatic rings. The maximum atomic E-state index is 9.84. The molecule has 0 radical (unpaired) electrons. The van der Waals surface area contributed by atoms with Crippen LogP contribution in [-0.4, -0.2) is 6.47 Å². The molecule has 0 unspecified atom stereocenters. The standard InChI is InChI=1S/C9H16O2/c1-3-4-5-6-7-9(2)11-8-10/h7-8H,3-6H2,1-2H3/b9-7+. The van der Waals surface area contributed by atoms with Crippen LogP contribution in [0.4, 0.5) is 0 Å². The number of allylic oxidation sites excluding steroid dienone is 2. The first kappa shape index (κ1) is 10.2. The highest BCUT2D eigenvalue weighted by molar-refractivity contribution is 5.39. The van der Waals surface area contributed by atoms with Crippen molar-refractivity contribution in [1.29, 1.82) is 0 Å². The molecule has 0 aliphatic heterocycles. The molecule has 0 saturated carbocycles. The molecule has 0 heterocycles. The van der Waals surface area contributed by atoms with Gasteiger partial charge < -0.3 is 4.74 Å². The molecule has 0 aliphatic carbocycles. The largest absolute Gasteiger partial charge is 0.434 e. The van der Waals surface area contributed by atoms with Crippen LogP contribution in [0.25, 0.3) is 0 Å². The van der Waals surface area contributed by atoms with Crippen LogP contribution in [0.5, 0.6) is 0 Å². The first-order valence-electron chi connectivity index (χ1n) is 4.08. The number of hydrogen-bond acceptors (Lipinski definition) is 2. The van der Waals surface area contributed by atoms with Gasteiger partial charge in [0.15, 0.2) is 0 Å². The Morgan fingerprint density at radius 2 is 2.18 bits per heavy atom. The maximum Gasteiger partial charge on any atom is 0.298 e. The summed E-state index contributed by atoms with van der Waals surface area (Å²) in [7, 11) is 0. The second kappa shape index (κ2) is 7.32. The minimum absolute atomic E-state index is 0.464. The topological polar surface area (TPSA) is 26.3 Å². The van der Waals surface area contributed by atoms with Crippen LogP contribution in [-0.2, 0) is 9.53 Å². The first-order valence-corrected chi connectivity index (χ1v) is 4.08. The third kappa shape index (κ3) is 7.10. The molecule has 0 saturated heterocycles. The molecule has 0 aromatic heterocycles. The Morgan fingerprint density at radius 1 is 1.45 bits per heavy atom. The number of carbonyl (C=O) groups is 1. The van der Waals surface area contributed by atoms with Gasteiger partial charge in [0.2, 0.25) is 0 Å². The van der Waals surface area contributed by atoms with Crippen molar-refractivity contribution < 1.29 is 9.53 Å². The lowest BCUT2D eigenvalue weighted by Gasteiger charge is -1.96. The molecule has 2 heteroatoms. The summed E-state index contributed by atoms with van der Waals surface area (Å²) in [5.41, 5.74) is 0. The second-order valence-electron chi connectivity index (χ2n) is 2.52. The lowest BCUT2D eigenvalue weighted by atomic mass is 10.2. The molecule has 0 aromatic rings. The highest BCUT2D eigenvalue weighted by Gasteiger charge is 1.87. The van der Waals surface area contributed by atoms with Gasteiger partial charge in [-0.05, 0) is 25.8 Å². The van der Waals surface area contributed by atoms with Crippen LogP contribution < -0.4 is 0 Å². The smallest absolute Gasteiger partial charge is 0.298 e. The van der Waals surface area contributed by atoms with Crippen molar-refractivity contribution in [3.05, 3.63) is 11.8 Å². The summed E-state index contributed by atoms with van der Waals surface area (Å²) in [6, 6.07) is 0. The SMILES string of the molecule is CCCCC/C=C(\C)OC=O. The van der Waals surface area contributed by atoms with E-state index in [1.807, 2.05) is 6.08 Å². The van der Waals surface area contributed by atoms with E-state index in [2.05, 4.69) is 11.7 Å². The van der Waals surface area contributed by atoms with E-state index in [1.54, 1.807) is 6.92 Å². The normalized spacial score (nSPS) is 11.3. The maximum absolute atomic E-state index is 9.84. The van der Waals surface area contributed by atoms with E-state index in [4.69, 9.17) is 0 Å². The molecule has 0 N–H and O–H groups in total. The quantitative estimate of drug-likeness (QED) is 0.336. The average Bonchev–Trinajstić information content (AvgIpc) is 1.99. The summed E-state index contributed by atoms with van der Waals surface area (Å²) in [6.07, 6.45) is 6.60. The Morgan fingerprint density at radius 3 is 2.73 bits per heavy atom. The van der Waals surface area contributed by atoms with E-state index >= 15 is 0 Å². The van der Waals surface area contributed by atoms with Crippen molar-refractivity contribution in [3.63, 3.8) is 0 Å². The van der Waals surface area contributed by atoms with Crippen LogP contribution >= 0.6 is 0 Å². The molecule has 2 nitrogen and oxygen atoms in total. The van der Waals surface area contributed by atoms with Gasteiger partial charge in [-0.1, -0.05) is 19.8 Å². The third-order valence-electron chi connectivity index (χ3n) is 1.47. The van der Waals surface area contributed by atoms with Gasteiger partial charge >= 0.3 is 0 Å². The van der Waals surface area contributed by atoms with E-state index in [9.17, 15) is 4.79 Å². The van der Waals surface area contributed by atoms with Crippen molar-refractivity contribution >= 4 is 6.47 Å². The number of ether oxygens (including phenoxy) is 1. The summed E-state index contributed by atoms with van der Waals surface area (Å²) in [5, 5.41) is 0. The Bertz CT molecular complexity index is 128. The summed E-state index contributed by atoms with van der Waals surface area (Å²) in [5.74, 6) is 0.705. The van der Waals surface area contributed by atoms with E-state index in [0.717, 1.165) is 6.42 Å². The highest BCUT2D eigenvalue weighted by Crippen LogP contribution is 2.03. The van der Waals surface area contributed by atoms with E-state index in [1.165, 1.54) is 19.3 Å². The summed E-state index contributed by atoms with van der Waals surface area (Å²) < 4.78 is 4.60. The molecule has 11 heavy (non-hydrogen) atoms. The average molecular weight is 156 g/mol. The first-order chi connectivity index (χ1) is 5.31. The minimum atomic E-state index is 0.464. The number of unbranched alkanes of at least 4 members (excludes halogenated alkanes) is 3. The van der Waals surface area contributed by atoms with Gasteiger partial charge in [0.25, 0.3) is 6.47 Å². The van der Waals surface area contributed by atoms with Gasteiger partial charge in [0.1, 0.15) is 5.76 Å². The highest BCUT2D eigenvalue weighted by atomic mass is 16.5. The summed E-state index contributed by atoms with van der Waals surface area (Å²) in [6.45, 7) is 4.42. The number of rotatable bonds is 6. The lowest BCUT2D eigenvalue weighted by molar-refractivity contribution is -0.125. The van der Waals surface area contributed by atoms with Crippen LogP contribution in [0.3, 0.4) is 0 Å². The monoisotopic (exact) mass is 156 g/mol. The van der Waals surface area contributed by atoms with Crippen LogP contribution in [0.2, 0.25) is 0 Å². The van der Waals surface area contributed by atoms with Crippen LogP contribution in [0, 0.1) is 0 Å². The van der Waals surface area contributed by atoms with E-state index in [0.29, 0.717) is 12.2 Å². The summed E-state index contributed by atoms with van der Waals surface area (Å²) >= 11 is 0. The van der Waals surface area contributed by atoms with Gasteiger partial charge in [0.05, 0.1) is 0 Å². The fourth-order valence-corrected chi connectivity index (χ4v) is 0.824.